The first-order valence-corrected chi connectivity index (χ1v) is 8.22. The van der Waals surface area contributed by atoms with Crippen molar-refractivity contribution in [2.75, 3.05) is 32.0 Å². The SMILES string of the molecule is Nc1ccc(C(=O)NCc2ccc(CN3CCOCC3)cc2)cc1. The number of nitrogen functional groups attached to an aromatic ring is 1. The molecule has 1 saturated heterocycles. The summed E-state index contributed by atoms with van der Waals surface area (Å²) in [5.41, 5.74) is 9.27. The third-order valence-electron chi connectivity index (χ3n) is 4.16. The van der Waals surface area contributed by atoms with Gasteiger partial charge in [-0.25, -0.2) is 0 Å². The van der Waals surface area contributed by atoms with Gasteiger partial charge in [0.05, 0.1) is 13.2 Å². The van der Waals surface area contributed by atoms with Gasteiger partial charge in [0.15, 0.2) is 0 Å². The number of anilines is 1. The van der Waals surface area contributed by atoms with Crippen LogP contribution in [0.5, 0.6) is 0 Å². The number of hydrogen-bond donors (Lipinski definition) is 2. The van der Waals surface area contributed by atoms with Gasteiger partial charge < -0.3 is 15.8 Å². The molecule has 1 amide bonds. The molecule has 126 valence electrons. The molecule has 1 aliphatic heterocycles. The van der Waals surface area contributed by atoms with Gasteiger partial charge in [0, 0.05) is 37.4 Å². The fourth-order valence-electron chi connectivity index (χ4n) is 2.70. The van der Waals surface area contributed by atoms with Gasteiger partial charge >= 0.3 is 0 Å². The van der Waals surface area contributed by atoms with Gasteiger partial charge in [-0.15, -0.1) is 0 Å². The van der Waals surface area contributed by atoms with Crippen LogP contribution >= 0.6 is 0 Å². The Labute approximate surface area is 142 Å². The third-order valence-corrected chi connectivity index (χ3v) is 4.16. The Kier molecular flexibility index (Phi) is 5.46. The fraction of sp³-hybridized carbons (Fsp3) is 0.316. The molecule has 1 heterocycles. The van der Waals surface area contributed by atoms with Crippen LogP contribution in [-0.2, 0) is 17.8 Å². The zero-order valence-electron chi connectivity index (χ0n) is 13.7. The topological polar surface area (TPSA) is 67.6 Å². The summed E-state index contributed by atoms with van der Waals surface area (Å²) < 4.78 is 5.37. The van der Waals surface area contributed by atoms with Crippen molar-refractivity contribution in [2.24, 2.45) is 0 Å². The lowest BCUT2D eigenvalue weighted by Crippen LogP contribution is -2.35. The lowest BCUT2D eigenvalue weighted by molar-refractivity contribution is 0.0342. The molecule has 0 aromatic heterocycles. The highest BCUT2D eigenvalue weighted by Gasteiger charge is 2.10. The van der Waals surface area contributed by atoms with E-state index in [0.29, 0.717) is 17.8 Å². The second-order valence-corrected chi connectivity index (χ2v) is 6.01. The van der Waals surface area contributed by atoms with Crippen molar-refractivity contribution in [3.8, 4) is 0 Å². The molecule has 5 heteroatoms. The minimum Gasteiger partial charge on any atom is -0.399 e. The van der Waals surface area contributed by atoms with Gasteiger partial charge in [-0.05, 0) is 35.4 Å². The van der Waals surface area contributed by atoms with Crippen molar-refractivity contribution in [2.45, 2.75) is 13.1 Å². The molecule has 5 nitrogen and oxygen atoms in total. The van der Waals surface area contributed by atoms with Gasteiger partial charge in [-0.2, -0.15) is 0 Å². The van der Waals surface area contributed by atoms with E-state index in [1.54, 1.807) is 24.3 Å². The Hall–Kier alpha value is -2.37. The molecule has 24 heavy (non-hydrogen) atoms. The highest BCUT2D eigenvalue weighted by molar-refractivity contribution is 5.94. The van der Waals surface area contributed by atoms with Crippen LogP contribution in [0.3, 0.4) is 0 Å². The maximum absolute atomic E-state index is 12.1. The lowest BCUT2D eigenvalue weighted by atomic mass is 10.1. The van der Waals surface area contributed by atoms with E-state index in [1.807, 2.05) is 0 Å². The zero-order valence-corrected chi connectivity index (χ0v) is 13.7. The summed E-state index contributed by atoms with van der Waals surface area (Å²) in [6.45, 7) is 5.06. The molecule has 0 saturated carbocycles. The first-order chi connectivity index (χ1) is 11.7. The highest BCUT2D eigenvalue weighted by atomic mass is 16.5. The molecule has 1 aliphatic rings. The fourth-order valence-corrected chi connectivity index (χ4v) is 2.70. The Morgan fingerprint density at radius 3 is 2.29 bits per heavy atom. The van der Waals surface area contributed by atoms with E-state index in [-0.39, 0.29) is 5.91 Å². The molecule has 0 aliphatic carbocycles. The molecular weight excluding hydrogens is 302 g/mol. The quantitative estimate of drug-likeness (QED) is 0.826. The Morgan fingerprint density at radius 2 is 1.62 bits per heavy atom. The maximum Gasteiger partial charge on any atom is 0.251 e. The zero-order chi connectivity index (χ0) is 16.8. The van der Waals surface area contributed by atoms with Crippen LogP contribution in [0.25, 0.3) is 0 Å². The highest BCUT2D eigenvalue weighted by Crippen LogP contribution is 2.10. The number of carbonyl (C=O) groups excluding carboxylic acids is 1. The lowest BCUT2D eigenvalue weighted by Gasteiger charge is -2.26. The smallest absolute Gasteiger partial charge is 0.251 e. The number of rotatable bonds is 5. The van der Waals surface area contributed by atoms with E-state index in [9.17, 15) is 4.79 Å². The molecule has 0 atom stereocenters. The normalized spacial score (nSPS) is 15.2. The van der Waals surface area contributed by atoms with Crippen molar-refractivity contribution in [3.63, 3.8) is 0 Å². The van der Waals surface area contributed by atoms with Crippen molar-refractivity contribution >= 4 is 11.6 Å². The largest absolute Gasteiger partial charge is 0.399 e. The standard InChI is InChI=1S/C19H23N3O2/c20-18-7-5-17(6-8-18)19(23)21-13-15-1-3-16(4-2-15)14-22-9-11-24-12-10-22/h1-8H,9-14,20H2,(H,21,23). The van der Waals surface area contributed by atoms with E-state index in [1.165, 1.54) is 5.56 Å². The Bertz CT molecular complexity index is 662. The maximum atomic E-state index is 12.1. The molecule has 0 radical (unpaired) electrons. The average Bonchev–Trinajstić information content (AvgIpc) is 2.62. The summed E-state index contributed by atoms with van der Waals surface area (Å²) in [7, 11) is 0. The molecule has 2 aromatic carbocycles. The minimum atomic E-state index is -0.0904. The third kappa shape index (κ3) is 4.57. The number of ether oxygens (including phenoxy) is 1. The van der Waals surface area contributed by atoms with Crippen molar-refractivity contribution in [3.05, 3.63) is 65.2 Å². The van der Waals surface area contributed by atoms with Crippen LogP contribution in [0.4, 0.5) is 5.69 Å². The van der Waals surface area contributed by atoms with E-state index in [4.69, 9.17) is 10.5 Å². The van der Waals surface area contributed by atoms with Gasteiger partial charge in [-0.3, -0.25) is 9.69 Å². The van der Waals surface area contributed by atoms with E-state index in [0.717, 1.165) is 38.4 Å². The van der Waals surface area contributed by atoms with Crippen LogP contribution in [0, 0.1) is 0 Å². The van der Waals surface area contributed by atoms with Gasteiger partial charge in [-0.1, -0.05) is 24.3 Å². The van der Waals surface area contributed by atoms with Crippen molar-refractivity contribution in [1.82, 2.24) is 10.2 Å². The van der Waals surface area contributed by atoms with Gasteiger partial charge in [0.25, 0.3) is 5.91 Å². The monoisotopic (exact) mass is 325 g/mol. The number of carbonyl (C=O) groups is 1. The summed E-state index contributed by atoms with van der Waals surface area (Å²) in [4.78, 5) is 14.5. The van der Waals surface area contributed by atoms with Crippen LogP contribution in [-0.4, -0.2) is 37.1 Å². The number of nitrogens with zero attached hydrogens (tertiary/aromatic N) is 1. The predicted octanol–water partition coefficient (Wildman–Crippen LogP) is 2.03. The Morgan fingerprint density at radius 1 is 1.00 bits per heavy atom. The molecule has 2 aromatic rings. The van der Waals surface area contributed by atoms with Gasteiger partial charge in [0.2, 0.25) is 0 Å². The molecule has 1 fully saturated rings. The second kappa shape index (κ2) is 7.95. The summed E-state index contributed by atoms with van der Waals surface area (Å²) in [6.07, 6.45) is 0. The molecule has 0 bridgehead atoms. The van der Waals surface area contributed by atoms with Crippen LogP contribution in [0.15, 0.2) is 48.5 Å². The summed E-state index contributed by atoms with van der Waals surface area (Å²) >= 11 is 0. The van der Waals surface area contributed by atoms with Gasteiger partial charge in [0.1, 0.15) is 0 Å². The van der Waals surface area contributed by atoms with Crippen LogP contribution < -0.4 is 11.1 Å². The number of nitrogens with two attached hydrogens (primary N) is 1. The first-order valence-electron chi connectivity index (χ1n) is 8.22. The first kappa shape index (κ1) is 16.5. The number of amides is 1. The molecule has 3 N–H and O–H groups in total. The summed E-state index contributed by atoms with van der Waals surface area (Å²) in [5.74, 6) is -0.0904. The number of hydrogen-bond acceptors (Lipinski definition) is 4. The van der Waals surface area contributed by atoms with Crippen LogP contribution in [0.1, 0.15) is 21.5 Å². The van der Waals surface area contributed by atoms with Crippen LogP contribution in [0.2, 0.25) is 0 Å². The molecular formula is C19H23N3O2. The predicted molar refractivity (Wildman–Crippen MR) is 94.6 cm³/mol. The van der Waals surface area contributed by atoms with Crippen molar-refractivity contribution < 1.29 is 9.53 Å². The van der Waals surface area contributed by atoms with Crippen molar-refractivity contribution in [1.29, 1.82) is 0 Å². The minimum absolute atomic E-state index is 0.0904. The molecule has 3 rings (SSSR count). The summed E-state index contributed by atoms with van der Waals surface area (Å²) in [6, 6.07) is 15.3. The number of nitrogens with one attached hydrogen (secondary N) is 1. The van der Waals surface area contributed by atoms with E-state index in [2.05, 4.69) is 34.5 Å². The Balaban J connectivity index is 1.50. The van der Waals surface area contributed by atoms with E-state index < -0.39 is 0 Å². The second-order valence-electron chi connectivity index (χ2n) is 6.01. The average molecular weight is 325 g/mol. The molecule has 0 unspecified atom stereocenters. The number of benzene rings is 2. The molecule has 0 spiro atoms. The number of morpholine rings is 1. The van der Waals surface area contributed by atoms with E-state index >= 15 is 0 Å². The summed E-state index contributed by atoms with van der Waals surface area (Å²) in [5, 5.41) is 2.93.